The van der Waals surface area contributed by atoms with Crippen LogP contribution in [0.1, 0.15) is 18.9 Å². The Morgan fingerprint density at radius 2 is 2.17 bits per heavy atom. The Kier molecular flexibility index (Phi) is 8.92. The summed E-state index contributed by atoms with van der Waals surface area (Å²) in [5, 5.41) is 11.9. The Labute approximate surface area is 152 Å². The van der Waals surface area contributed by atoms with E-state index >= 15 is 0 Å². The van der Waals surface area contributed by atoms with Gasteiger partial charge in [-0.25, -0.2) is 0 Å². The fraction of sp³-hybridized carbons (Fsp3) is 0.375. The predicted octanol–water partition coefficient (Wildman–Crippen LogP) is 3.67. The SMILES string of the molecule is CCOCCCNC(=O)/C(C#N)=C/c1cc(Br)cc(Br)c1OC. The first kappa shape index (κ1) is 19.7. The van der Waals surface area contributed by atoms with Gasteiger partial charge in [0.05, 0.1) is 11.6 Å². The summed E-state index contributed by atoms with van der Waals surface area (Å²) in [5.41, 5.74) is 0.652. The molecule has 0 aromatic heterocycles. The first-order chi connectivity index (χ1) is 11.0. The number of benzene rings is 1. The molecule has 1 rings (SSSR count). The van der Waals surface area contributed by atoms with E-state index in [-0.39, 0.29) is 5.57 Å². The van der Waals surface area contributed by atoms with E-state index in [0.717, 1.165) is 8.95 Å². The molecule has 7 heteroatoms. The fourth-order valence-electron chi connectivity index (χ4n) is 1.82. The van der Waals surface area contributed by atoms with Crippen molar-refractivity contribution in [3.8, 4) is 11.8 Å². The molecule has 1 aromatic carbocycles. The summed E-state index contributed by atoms with van der Waals surface area (Å²) in [5.74, 6) is 0.146. The van der Waals surface area contributed by atoms with Crippen LogP contribution in [0.15, 0.2) is 26.7 Å². The van der Waals surface area contributed by atoms with Crippen LogP contribution in [-0.4, -0.2) is 32.8 Å². The molecule has 1 aromatic rings. The van der Waals surface area contributed by atoms with E-state index in [1.54, 1.807) is 6.07 Å². The third-order valence-corrected chi connectivity index (χ3v) is 3.91. The Morgan fingerprint density at radius 3 is 2.78 bits per heavy atom. The standard InChI is InChI=1S/C16H18Br2N2O3/c1-3-23-6-4-5-20-16(21)12(10-19)7-11-8-13(17)9-14(18)15(11)22-2/h7-9H,3-6H2,1-2H3,(H,20,21)/b12-7+. The van der Waals surface area contributed by atoms with Crippen LogP contribution < -0.4 is 10.1 Å². The Hall–Kier alpha value is -1.36. The van der Waals surface area contributed by atoms with Gasteiger partial charge < -0.3 is 14.8 Å². The molecule has 0 fully saturated rings. The molecule has 0 heterocycles. The number of ether oxygens (including phenoxy) is 2. The van der Waals surface area contributed by atoms with Gasteiger partial charge in [-0.15, -0.1) is 0 Å². The van der Waals surface area contributed by atoms with Crippen LogP contribution in [0.5, 0.6) is 5.75 Å². The minimum atomic E-state index is -0.415. The molecule has 0 spiro atoms. The summed E-state index contributed by atoms with van der Waals surface area (Å²) in [6.07, 6.45) is 2.20. The van der Waals surface area contributed by atoms with Crippen molar-refractivity contribution < 1.29 is 14.3 Å². The van der Waals surface area contributed by atoms with Crippen molar-refractivity contribution in [3.05, 3.63) is 32.2 Å². The van der Waals surface area contributed by atoms with E-state index < -0.39 is 5.91 Å². The molecule has 124 valence electrons. The maximum absolute atomic E-state index is 12.1. The Bertz CT molecular complexity index is 624. The summed E-state index contributed by atoms with van der Waals surface area (Å²) in [7, 11) is 1.53. The van der Waals surface area contributed by atoms with Gasteiger partial charge in [-0.2, -0.15) is 5.26 Å². The van der Waals surface area contributed by atoms with Crippen LogP contribution >= 0.6 is 31.9 Å². The molecule has 0 unspecified atom stereocenters. The largest absolute Gasteiger partial charge is 0.495 e. The highest BCUT2D eigenvalue weighted by Gasteiger charge is 2.12. The molecule has 0 saturated carbocycles. The fourth-order valence-corrected chi connectivity index (χ4v) is 3.24. The summed E-state index contributed by atoms with van der Waals surface area (Å²) >= 11 is 6.77. The van der Waals surface area contributed by atoms with E-state index in [9.17, 15) is 10.1 Å². The monoisotopic (exact) mass is 444 g/mol. The van der Waals surface area contributed by atoms with E-state index in [0.29, 0.717) is 37.5 Å². The smallest absolute Gasteiger partial charge is 0.261 e. The van der Waals surface area contributed by atoms with E-state index in [1.165, 1.54) is 13.2 Å². The lowest BCUT2D eigenvalue weighted by Crippen LogP contribution is -2.26. The maximum atomic E-state index is 12.1. The number of hydrogen-bond acceptors (Lipinski definition) is 4. The number of carbonyl (C=O) groups excluding carboxylic acids is 1. The van der Waals surface area contributed by atoms with Gasteiger partial charge in [0.1, 0.15) is 17.4 Å². The van der Waals surface area contributed by atoms with E-state index in [4.69, 9.17) is 9.47 Å². The number of hydrogen-bond donors (Lipinski definition) is 1. The molecule has 0 aliphatic rings. The summed E-state index contributed by atoms with van der Waals surface area (Å²) in [6, 6.07) is 5.53. The molecule has 5 nitrogen and oxygen atoms in total. The third-order valence-electron chi connectivity index (χ3n) is 2.86. The number of nitriles is 1. The lowest BCUT2D eigenvalue weighted by Gasteiger charge is -2.09. The van der Waals surface area contributed by atoms with Gasteiger partial charge in [0.2, 0.25) is 0 Å². The maximum Gasteiger partial charge on any atom is 0.261 e. The third kappa shape index (κ3) is 6.34. The Morgan fingerprint density at radius 1 is 1.43 bits per heavy atom. The number of amides is 1. The van der Waals surface area contributed by atoms with Gasteiger partial charge in [0.15, 0.2) is 0 Å². The molecule has 23 heavy (non-hydrogen) atoms. The van der Waals surface area contributed by atoms with Gasteiger partial charge in [0, 0.05) is 29.8 Å². The van der Waals surface area contributed by atoms with E-state index in [1.807, 2.05) is 19.1 Å². The number of nitrogens with one attached hydrogen (secondary N) is 1. The summed E-state index contributed by atoms with van der Waals surface area (Å²) < 4.78 is 12.1. The minimum absolute atomic E-state index is 0.0182. The molecule has 0 atom stereocenters. The van der Waals surface area contributed by atoms with Crippen molar-refractivity contribution in [2.75, 3.05) is 26.9 Å². The molecule has 0 saturated heterocycles. The van der Waals surface area contributed by atoms with Gasteiger partial charge in [-0.1, -0.05) is 15.9 Å². The van der Waals surface area contributed by atoms with Crippen LogP contribution in [0, 0.1) is 11.3 Å². The summed E-state index contributed by atoms with van der Waals surface area (Å²) in [4.78, 5) is 12.1. The second-order valence-corrected chi connectivity index (χ2v) is 6.26. The van der Waals surface area contributed by atoms with Crippen molar-refractivity contribution in [1.29, 1.82) is 5.26 Å². The minimum Gasteiger partial charge on any atom is -0.495 e. The zero-order valence-electron chi connectivity index (χ0n) is 13.0. The molecular weight excluding hydrogens is 428 g/mol. The average molecular weight is 446 g/mol. The number of halogens is 2. The second-order valence-electron chi connectivity index (χ2n) is 4.49. The van der Waals surface area contributed by atoms with Crippen molar-refractivity contribution in [2.45, 2.75) is 13.3 Å². The van der Waals surface area contributed by atoms with Gasteiger partial charge in [-0.05, 0) is 47.5 Å². The lowest BCUT2D eigenvalue weighted by molar-refractivity contribution is -0.117. The summed E-state index contributed by atoms with van der Waals surface area (Å²) in [6.45, 7) is 3.60. The normalized spacial score (nSPS) is 11.0. The second kappa shape index (κ2) is 10.4. The predicted molar refractivity (Wildman–Crippen MR) is 96.1 cm³/mol. The van der Waals surface area contributed by atoms with Crippen LogP contribution in [0.3, 0.4) is 0 Å². The molecule has 1 N–H and O–H groups in total. The molecular formula is C16H18Br2N2O3. The lowest BCUT2D eigenvalue weighted by atomic mass is 10.1. The van der Waals surface area contributed by atoms with Crippen molar-refractivity contribution >= 4 is 43.8 Å². The molecule has 0 bridgehead atoms. The topological polar surface area (TPSA) is 71.3 Å². The van der Waals surface area contributed by atoms with Gasteiger partial charge in [0.25, 0.3) is 5.91 Å². The van der Waals surface area contributed by atoms with Crippen molar-refractivity contribution in [1.82, 2.24) is 5.32 Å². The molecule has 0 aliphatic heterocycles. The number of methoxy groups -OCH3 is 1. The van der Waals surface area contributed by atoms with Crippen LogP contribution in [0.25, 0.3) is 6.08 Å². The van der Waals surface area contributed by atoms with Gasteiger partial charge >= 0.3 is 0 Å². The number of rotatable bonds is 8. The quantitative estimate of drug-likeness (QED) is 0.376. The number of carbonyl (C=O) groups is 1. The van der Waals surface area contributed by atoms with Crippen molar-refractivity contribution in [3.63, 3.8) is 0 Å². The van der Waals surface area contributed by atoms with Gasteiger partial charge in [-0.3, -0.25) is 4.79 Å². The van der Waals surface area contributed by atoms with Crippen LogP contribution in [0.4, 0.5) is 0 Å². The van der Waals surface area contributed by atoms with Crippen molar-refractivity contribution in [2.24, 2.45) is 0 Å². The zero-order valence-corrected chi connectivity index (χ0v) is 16.2. The average Bonchev–Trinajstić information content (AvgIpc) is 2.51. The first-order valence-electron chi connectivity index (χ1n) is 7.04. The molecule has 0 aliphatic carbocycles. The highest BCUT2D eigenvalue weighted by atomic mass is 79.9. The highest BCUT2D eigenvalue weighted by Crippen LogP contribution is 2.33. The van der Waals surface area contributed by atoms with Crippen LogP contribution in [0.2, 0.25) is 0 Å². The van der Waals surface area contributed by atoms with Crippen LogP contribution in [-0.2, 0) is 9.53 Å². The highest BCUT2D eigenvalue weighted by molar-refractivity contribution is 9.11. The first-order valence-corrected chi connectivity index (χ1v) is 8.62. The Balaban J connectivity index is 2.87. The zero-order chi connectivity index (χ0) is 17.2. The molecule has 0 radical (unpaired) electrons. The van der Waals surface area contributed by atoms with E-state index in [2.05, 4.69) is 37.2 Å². The number of nitrogens with zero attached hydrogens (tertiary/aromatic N) is 1. The molecule has 1 amide bonds.